The standard InChI is InChI=1S/C11H21N3O2/c1-8(7-16-4)12-11-9(2)10(3)13-14(11)5-6-15/h8,12,15H,5-7H2,1-4H3. The molecule has 1 atom stereocenters. The fraction of sp³-hybridized carbons (Fsp3) is 0.727. The van der Waals surface area contributed by atoms with Crippen molar-refractivity contribution in [2.45, 2.75) is 33.4 Å². The molecule has 0 fully saturated rings. The van der Waals surface area contributed by atoms with Gasteiger partial charge in [0.2, 0.25) is 0 Å². The summed E-state index contributed by atoms with van der Waals surface area (Å²) in [6.07, 6.45) is 0. The Morgan fingerprint density at radius 3 is 2.75 bits per heavy atom. The zero-order valence-electron chi connectivity index (χ0n) is 10.4. The molecule has 5 nitrogen and oxygen atoms in total. The Kier molecular flexibility index (Phi) is 4.76. The molecule has 0 bridgehead atoms. The van der Waals surface area contributed by atoms with Crippen LogP contribution < -0.4 is 5.32 Å². The Hall–Kier alpha value is -1.07. The van der Waals surface area contributed by atoms with Crippen LogP contribution in [0.15, 0.2) is 0 Å². The van der Waals surface area contributed by atoms with E-state index < -0.39 is 0 Å². The molecule has 1 rings (SSSR count). The lowest BCUT2D eigenvalue weighted by Crippen LogP contribution is -2.23. The van der Waals surface area contributed by atoms with Gasteiger partial charge in [0.25, 0.3) is 0 Å². The largest absolute Gasteiger partial charge is 0.394 e. The van der Waals surface area contributed by atoms with Crippen molar-refractivity contribution in [1.82, 2.24) is 9.78 Å². The van der Waals surface area contributed by atoms with Crippen molar-refractivity contribution in [2.24, 2.45) is 0 Å². The fourth-order valence-electron chi connectivity index (χ4n) is 1.64. The molecule has 0 saturated heterocycles. The summed E-state index contributed by atoms with van der Waals surface area (Å²) in [7, 11) is 1.68. The topological polar surface area (TPSA) is 59.3 Å². The van der Waals surface area contributed by atoms with Crippen LogP contribution in [0.1, 0.15) is 18.2 Å². The molecule has 2 N–H and O–H groups in total. The van der Waals surface area contributed by atoms with Gasteiger partial charge in [0.1, 0.15) is 5.82 Å². The Morgan fingerprint density at radius 1 is 1.50 bits per heavy atom. The molecule has 0 aliphatic heterocycles. The van der Waals surface area contributed by atoms with E-state index in [1.54, 1.807) is 11.8 Å². The van der Waals surface area contributed by atoms with E-state index >= 15 is 0 Å². The van der Waals surface area contributed by atoms with E-state index in [0.29, 0.717) is 13.2 Å². The summed E-state index contributed by atoms with van der Waals surface area (Å²) in [5.41, 5.74) is 2.11. The zero-order valence-corrected chi connectivity index (χ0v) is 10.4. The van der Waals surface area contributed by atoms with Gasteiger partial charge in [-0.05, 0) is 20.8 Å². The number of methoxy groups -OCH3 is 1. The second-order valence-electron chi connectivity index (χ2n) is 4.01. The molecule has 0 aliphatic carbocycles. The molecule has 0 radical (unpaired) electrons. The van der Waals surface area contributed by atoms with E-state index in [1.165, 1.54) is 0 Å². The number of aliphatic hydroxyl groups excluding tert-OH is 1. The predicted molar refractivity (Wildman–Crippen MR) is 63.7 cm³/mol. The van der Waals surface area contributed by atoms with Crippen molar-refractivity contribution in [3.05, 3.63) is 11.3 Å². The van der Waals surface area contributed by atoms with Gasteiger partial charge in [-0.15, -0.1) is 0 Å². The minimum absolute atomic E-state index is 0.0912. The zero-order chi connectivity index (χ0) is 12.1. The number of anilines is 1. The summed E-state index contributed by atoms with van der Waals surface area (Å²) in [5, 5.41) is 16.7. The van der Waals surface area contributed by atoms with Gasteiger partial charge >= 0.3 is 0 Å². The molecular formula is C11H21N3O2. The molecule has 1 aromatic rings. The lowest BCUT2D eigenvalue weighted by molar-refractivity contribution is 0.190. The molecule has 0 aromatic carbocycles. The Bertz CT molecular complexity index is 336. The summed E-state index contributed by atoms with van der Waals surface area (Å²) in [6, 6.07) is 0.220. The number of hydrogen-bond acceptors (Lipinski definition) is 4. The van der Waals surface area contributed by atoms with Crippen LogP contribution in [0.2, 0.25) is 0 Å². The number of aromatic nitrogens is 2. The third-order valence-electron chi connectivity index (χ3n) is 2.54. The van der Waals surface area contributed by atoms with E-state index in [2.05, 4.69) is 17.3 Å². The van der Waals surface area contributed by atoms with Gasteiger partial charge in [-0.25, -0.2) is 4.68 Å². The first kappa shape index (κ1) is 13.0. The van der Waals surface area contributed by atoms with Crippen LogP contribution >= 0.6 is 0 Å². The number of nitrogens with one attached hydrogen (secondary N) is 1. The number of hydrogen-bond donors (Lipinski definition) is 2. The first-order valence-electron chi connectivity index (χ1n) is 5.50. The van der Waals surface area contributed by atoms with Gasteiger partial charge in [-0.2, -0.15) is 5.10 Å². The lowest BCUT2D eigenvalue weighted by atomic mass is 10.2. The highest BCUT2D eigenvalue weighted by atomic mass is 16.5. The molecule has 1 aromatic heterocycles. The number of ether oxygens (including phenoxy) is 1. The number of nitrogens with zero attached hydrogens (tertiary/aromatic N) is 2. The van der Waals surface area contributed by atoms with E-state index in [0.717, 1.165) is 17.1 Å². The average Bonchev–Trinajstić information content (AvgIpc) is 2.47. The lowest BCUT2D eigenvalue weighted by Gasteiger charge is -2.16. The van der Waals surface area contributed by atoms with Crippen molar-refractivity contribution in [1.29, 1.82) is 0 Å². The van der Waals surface area contributed by atoms with Gasteiger partial charge in [0.15, 0.2) is 0 Å². The maximum Gasteiger partial charge on any atom is 0.127 e. The number of rotatable bonds is 6. The summed E-state index contributed by atoms with van der Waals surface area (Å²) >= 11 is 0. The second-order valence-corrected chi connectivity index (χ2v) is 4.01. The Balaban J connectivity index is 2.83. The number of aliphatic hydroxyl groups is 1. The first-order valence-corrected chi connectivity index (χ1v) is 5.50. The Morgan fingerprint density at radius 2 is 2.19 bits per heavy atom. The Labute approximate surface area is 96.4 Å². The van der Waals surface area contributed by atoms with Crippen LogP contribution in [0, 0.1) is 13.8 Å². The monoisotopic (exact) mass is 227 g/mol. The van der Waals surface area contributed by atoms with Gasteiger partial charge in [-0.1, -0.05) is 0 Å². The quantitative estimate of drug-likeness (QED) is 0.759. The molecule has 0 saturated carbocycles. The first-order chi connectivity index (χ1) is 7.60. The summed E-state index contributed by atoms with van der Waals surface area (Å²) in [5.74, 6) is 0.969. The molecule has 0 spiro atoms. The normalized spacial score (nSPS) is 12.8. The summed E-state index contributed by atoms with van der Waals surface area (Å²) in [4.78, 5) is 0. The van der Waals surface area contributed by atoms with Crippen LogP contribution in [0.25, 0.3) is 0 Å². The van der Waals surface area contributed by atoms with E-state index in [-0.39, 0.29) is 12.6 Å². The van der Waals surface area contributed by atoms with Crippen LogP contribution in [0.3, 0.4) is 0 Å². The summed E-state index contributed by atoms with van der Waals surface area (Å²) in [6.45, 7) is 7.29. The van der Waals surface area contributed by atoms with Crippen molar-refractivity contribution >= 4 is 5.82 Å². The highest BCUT2D eigenvalue weighted by Gasteiger charge is 2.13. The molecule has 1 unspecified atom stereocenters. The maximum atomic E-state index is 8.97. The second kappa shape index (κ2) is 5.86. The predicted octanol–water partition coefficient (Wildman–Crippen LogP) is 0.939. The smallest absolute Gasteiger partial charge is 0.127 e. The highest BCUT2D eigenvalue weighted by Crippen LogP contribution is 2.19. The van der Waals surface area contributed by atoms with E-state index in [1.807, 2.05) is 13.8 Å². The third kappa shape index (κ3) is 2.96. The molecule has 0 amide bonds. The van der Waals surface area contributed by atoms with Crippen molar-refractivity contribution in [2.75, 3.05) is 25.6 Å². The average molecular weight is 227 g/mol. The van der Waals surface area contributed by atoms with Crippen molar-refractivity contribution in [3.8, 4) is 0 Å². The van der Waals surface area contributed by atoms with Gasteiger partial charge in [0.05, 0.1) is 25.5 Å². The molecule has 1 heterocycles. The van der Waals surface area contributed by atoms with Crippen LogP contribution in [0.5, 0.6) is 0 Å². The molecular weight excluding hydrogens is 206 g/mol. The highest BCUT2D eigenvalue weighted by molar-refractivity contribution is 5.47. The minimum Gasteiger partial charge on any atom is -0.394 e. The van der Waals surface area contributed by atoms with Crippen molar-refractivity contribution in [3.63, 3.8) is 0 Å². The van der Waals surface area contributed by atoms with Gasteiger partial charge < -0.3 is 15.2 Å². The third-order valence-corrected chi connectivity index (χ3v) is 2.54. The van der Waals surface area contributed by atoms with Crippen molar-refractivity contribution < 1.29 is 9.84 Å². The summed E-state index contributed by atoms with van der Waals surface area (Å²) < 4.78 is 6.88. The van der Waals surface area contributed by atoms with E-state index in [4.69, 9.17) is 9.84 Å². The molecule has 16 heavy (non-hydrogen) atoms. The molecule has 0 aliphatic rings. The SMILES string of the molecule is COCC(C)Nc1c(C)c(C)nn1CCO. The fourth-order valence-corrected chi connectivity index (χ4v) is 1.64. The number of aryl methyl sites for hydroxylation is 1. The maximum absolute atomic E-state index is 8.97. The molecule has 92 valence electrons. The van der Waals surface area contributed by atoms with Gasteiger partial charge in [0, 0.05) is 18.7 Å². The van der Waals surface area contributed by atoms with Crippen LogP contribution in [-0.2, 0) is 11.3 Å². The van der Waals surface area contributed by atoms with Crippen LogP contribution in [-0.4, -0.2) is 41.3 Å². The van der Waals surface area contributed by atoms with Crippen LogP contribution in [0.4, 0.5) is 5.82 Å². The van der Waals surface area contributed by atoms with Gasteiger partial charge in [-0.3, -0.25) is 0 Å². The molecule has 5 heteroatoms. The minimum atomic E-state index is 0.0912. The van der Waals surface area contributed by atoms with E-state index in [9.17, 15) is 0 Å².